The third-order valence-electron chi connectivity index (χ3n) is 1.41. The molecule has 1 aromatic carbocycles. The predicted octanol–water partition coefficient (Wildman–Crippen LogP) is 3.70. The Bertz CT molecular complexity index is 251. The monoisotopic (exact) mass is 322 g/mol. The first-order valence-corrected chi connectivity index (χ1v) is 5.43. The maximum absolute atomic E-state index is 3.92. The fourth-order valence-electron chi connectivity index (χ4n) is 0.763. The Morgan fingerprint density at radius 1 is 1.36 bits per heavy atom. The molecule has 0 aliphatic heterocycles. The van der Waals surface area contributed by atoms with Crippen LogP contribution in [0.3, 0.4) is 0 Å². The highest BCUT2D eigenvalue weighted by Gasteiger charge is 1.94. The van der Waals surface area contributed by atoms with Crippen molar-refractivity contribution in [1.82, 2.24) is 0 Å². The van der Waals surface area contributed by atoms with Crippen molar-refractivity contribution < 1.29 is 0 Å². The first-order chi connectivity index (χ1) is 5.24. The number of benzene rings is 1. The zero-order chi connectivity index (χ0) is 8.27. The van der Waals surface area contributed by atoms with Crippen LogP contribution in [0.15, 0.2) is 30.8 Å². The Kier molecular flexibility index (Phi) is 3.59. The van der Waals surface area contributed by atoms with Gasteiger partial charge in [-0.3, -0.25) is 0 Å². The van der Waals surface area contributed by atoms with Gasteiger partial charge in [0.15, 0.2) is 0 Å². The Labute approximate surface area is 89.0 Å². The minimum Gasteiger partial charge on any atom is -0.0944 e. The van der Waals surface area contributed by atoms with Crippen LogP contribution in [0.1, 0.15) is 5.56 Å². The van der Waals surface area contributed by atoms with Crippen molar-refractivity contribution in [2.45, 2.75) is 0 Å². The lowest BCUT2D eigenvalue weighted by atomic mass is 10.1. The van der Waals surface area contributed by atoms with E-state index in [-0.39, 0.29) is 0 Å². The van der Waals surface area contributed by atoms with E-state index in [9.17, 15) is 0 Å². The smallest absolute Gasteiger partial charge is 0.0283 e. The minimum absolute atomic E-state index is 0.841. The summed E-state index contributed by atoms with van der Waals surface area (Å²) in [7, 11) is 0. The molecule has 0 aliphatic carbocycles. The normalized spacial score (nSPS) is 9.64. The van der Waals surface area contributed by atoms with Gasteiger partial charge in [0, 0.05) is 8.90 Å². The van der Waals surface area contributed by atoms with Crippen LogP contribution >= 0.6 is 38.5 Å². The van der Waals surface area contributed by atoms with Gasteiger partial charge in [0.2, 0.25) is 0 Å². The van der Waals surface area contributed by atoms with Crippen LogP contribution in [0.2, 0.25) is 0 Å². The molecule has 0 saturated heterocycles. The summed E-state index contributed by atoms with van der Waals surface area (Å²) in [6.07, 6.45) is 0. The molecule has 0 N–H and O–H groups in total. The van der Waals surface area contributed by atoms with Crippen LogP contribution in [0.4, 0.5) is 0 Å². The molecule has 0 radical (unpaired) electrons. The van der Waals surface area contributed by atoms with Crippen LogP contribution in [-0.4, -0.2) is 5.33 Å². The van der Waals surface area contributed by atoms with Crippen molar-refractivity contribution in [3.63, 3.8) is 0 Å². The van der Waals surface area contributed by atoms with E-state index < -0.39 is 0 Å². The van der Waals surface area contributed by atoms with Crippen LogP contribution in [0.25, 0.3) is 5.57 Å². The highest BCUT2D eigenvalue weighted by molar-refractivity contribution is 14.1. The molecule has 0 atom stereocenters. The maximum Gasteiger partial charge on any atom is 0.0283 e. The molecule has 2 heteroatoms. The summed E-state index contributed by atoms with van der Waals surface area (Å²) in [4.78, 5) is 0. The molecule has 0 aliphatic rings. The van der Waals surface area contributed by atoms with Crippen molar-refractivity contribution in [2.24, 2.45) is 0 Å². The fraction of sp³-hybridized carbons (Fsp3) is 0.111. The minimum atomic E-state index is 0.841. The molecule has 0 spiro atoms. The van der Waals surface area contributed by atoms with E-state index in [0.717, 1.165) is 10.9 Å². The molecule has 0 amide bonds. The van der Waals surface area contributed by atoms with Crippen molar-refractivity contribution in [3.8, 4) is 0 Å². The highest BCUT2D eigenvalue weighted by Crippen LogP contribution is 2.15. The van der Waals surface area contributed by atoms with Gasteiger partial charge in [-0.15, -0.1) is 0 Å². The SMILES string of the molecule is C=C(CBr)c1ccc(I)cc1. The number of alkyl halides is 1. The molecular formula is C9H8BrI. The third-order valence-corrected chi connectivity index (χ3v) is 2.81. The van der Waals surface area contributed by atoms with Gasteiger partial charge in [-0.05, 0) is 45.9 Å². The second-order valence-electron chi connectivity index (χ2n) is 2.24. The molecular weight excluding hydrogens is 315 g/mol. The fourth-order valence-corrected chi connectivity index (χ4v) is 1.45. The van der Waals surface area contributed by atoms with Crippen LogP contribution in [0.5, 0.6) is 0 Å². The molecule has 0 aromatic heterocycles. The molecule has 58 valence electrons. The summed E-state index contributed by atoms with van der Waals surface area (Å²) in [5.74, 6) is 0. The van der Waals surface area contributed by atoms with Gasteiger partial charge in [0.1, 0.15) is 0 Å². The Morgan fingerprint density at radius 3 is 2.36 bits per heavy atom. The lowest BCUT2D eigenvalue weighted by Crippen LogP contribution is -1.82. The van der Waals surface area contributed by atoms with Gasteiger partial charge < -0.3 is 0 Å². The summed E-state index contributed by atoms with van der Waals surface area (Å²) in [5.41, 5.74) is 2.34. The van der Waals surface area contributed by atoms with E-state index in [4.69, 9.17) is 0 Å². The number of hydrogen-bond donors (Lipinski definition) is 0. The van der Waals surface area contributed by atoms with Crippen molar-refractivity contribution in [2.75, 3.05) is 5.33 Å². The Hall–Kier alpha value is 0.170. The topological polar surface area (TPSA) is 0 Å². The van der Waals surface area contributed by atoms with Gasteiger partial charge in [0.25, 0.3) is 0 Å². The lowest BCUT2D eigenvalue weighted by Gasteiger charge is -2.00. The summed E-state index contributed by atoms with van der Waals surface area (Å²) < 4.78 is 1.26. The quantitative estimate of drug-likeness (QED) is 0.575. The Balaban J connectivity index is 2.90. The molecule has 0 fully saturated rings. The van der Waals surface area contributed by atoms with Gasteiger partial charge in [-0.2, -0.15) is 0 Å². The van der Waals surface area contributed by atoms with E-state index >= 15 is 0 Å². The molecule has 1 rings (SSSR count). The largest absolute Gasteiger partial charge is 0.0944 e. The molecule has 11 heavy (non-hydrogen) atoms. The standard InChI is InChI=1S/C9H8BrI/c1-7(6-10)8-2-4-9(11)5-3-8/h2-5H,1,6H2. The zero-order valence-electron chi connectivity index (χ0n) is 5.98. The zero-order valence-corrected chi connectivity index (χ0v) is 9.72. The number of allylic oxidation sites excluding steroid dienone is 1. The third kappa shape index (κ3) is 2.60. The van der Waals surface area contributed by atoms with E-state index in [2.05, 4.69) is 69.4 Å². The van der Waals surface area contributed by atoms with Crippen LogP contribution in [0, 0.1) is 3.57 Å². The molecule has 0 saturated carbocycles. The molecule has 0 nitrogen and oxygen atoms in total. The average molecular weight is 323 g/mol. The van der Waals surface area contributed by atoms with E-state index in [1.165, 1.54) is 9.13 Å². The van der Waals surface area contributed by atoms with E-state index in [0.29, 0.717) is 0 Å². The number of hydrogen-bond acceptors (Lipinski definition) is 0. The second kappa shape index (κ2) is 4.26. The summed E-state index contributed by atoms with van der Waals surface area (Å²) in [6.45, 7) is 3.92. The summed E-state index contributed by atoms with van der Waals surface area (Å²) in [6, 6.07) is 8.35. The predicted molar refractivity (Wildman–Crippen MR) is 62.0 cm³/mol. The average Bonchev–Trinajstić information content (AvgIpc) is 2.05. The molecule has 0 heterocycles. The first kappa shape index (κ1) is 9.26. The van der Waals surface area contributed by atoms with Gasteiger partial charge >= 0.3 is 0 Å². The Morgan fingerprint density at radius 2 is 1.91 bits per heavy atom. The van der Waals surface area contributed by atoms with E-state index in [1.807, 2.05) is 0 Å². The van der Waals surface area contributed by atoms with Crippen LogP contribution < -0.4 is 0 Å². The van der Waals surface area contributed by atoms with Crippen molar-refractivity contribution >= 4 is 44.1 Å². The van der Waals surface area contributed by atoms with Gasteiger partial charge in [-0.1, -0.05) is 34.6 Å². The molecule has 1 aromatic rings. The second-order valence-corrected chi connectivity index (χ2v) is 4.05. The van der Waals surface area contributed by atoms with Crippen molar-refractivity contribution in [1.29, 1.82) is 0 Å². The van der Waals surface area contributed by atoms with Crippen molar-refractivity contribution in [3.05, 3.63) is 40.0 Å². The number of rotatable bonds is 2. The lowest BCUT2D eigenvalue weighted by molar-refractivity contribution is 1.56. The first-order valence-electron chi connectivity index (χ1n) is 3.23. The summed E-state index contributed by atoms with van der Waals surface area (Å²) >= 11 is 5.66. The van der Waals surface area contributed by atoms with Gasteiger partial charge in [0.05, 0.1) is 0 Å². The van der Waals surface area contributed by atoms with Gasteiger partial charge in [-0.25, -0.2) is 0 Å². The van der Waals surface area contributed by atoms with E-state index in [1.54, 1.807) is 0 Å². The number of halogens is 2. The molecule has 0 unspecified atom stereocenters. The van der Waals surface area contributed by atoms with Crippen LogP contribution in [-0.2, 0) is 0 Å². The summed E-state index contributed by atoms with van der Waals surface area (Å²) in [5, 5.41) is 0.841. The molecule has 0 bridgehead atoms. The maximum atomic E-state index is 3.92. The highest BCUT2D eigenvalue weighted by atomic mass is 127.